The molecule has 0 radical (unpaired) electrons. The van der Waals surface area contributed by atoms with Crippen LogP contribution in [0.4, 0.5) is 0 Å². The van der Waals surface area contributed by atoms with Gasteiger partial charge in [-0.25, -0.2) is 0 Å². The van der Waals surface area contributed by atoms with Crippen molar-refractivity contribution < 1.29 is 4.79 Å². The first-order valence-electron chi connectivity index (χ1n) is 6.26. The number of nitrogens with two attached hydrogens (primary N) is 1. The molecule has 1 amide bonds. The van der Waals surface area contributed by atoms with Crippen molar-refractivity contribution in [2.45, 2.75) is 45.7 Å². The van der Waals surface area contributed by atoms with Gasteiger partial charge in [-0.1, -0.05) is 38.1 Å². The molecule has 0 aliphatic carbocycles. The lowest BCUT2D eigenvalue weighted by Gasteiger charge is -2.14. The molecule has 0 aliphatic rings. The van der Waals surface area contributed by atoms with Crippen LogP contribution in [0.25, 0.3) is 0 Å². The van der Waals surface area contributed by atoms with Crippen LogP contribution in [0, 0.1) is 0 Å². The average Bonchev–Trinajstić information content (AvgIpc) is 2.37. The Morgan fingerprint density at radius 1 is 1.18 bits per heavy atom. The fourth-order valence-electron chi connectivity index (χ4n) is 1.75. The summed E-state index contributed by atoms with van der Waals surface area (Å²) in [6.07, 6.45) is 2.41. The number of carbonyl (C=O) groups excluding carboxylic acids is 1. The predicted octanol–water partition coefficient (Wildman–Crippen LogP) is 1.99. The highest BCUT2D eigenvalue weighted by molar-refractivity contribution is 5.78. The molecule has 1 aromatic rings. The Bertz CT molecular complexity index is 342. The van der Waals surface area contributed by atoms with Gasteiger partial charge in [0.25, 0.3) is 0 Å². The van der Waals surface area contributed by atoms with Crippen molar-refractivity contribution in [3.63, 3.8) is 0 Å². The maximum Gasteiger partial charge on any atom is 0.224 e. The van der Waals surface area contributed by atoms with Crippen LogP contribution in [-0.2, 0) is 17.8 Å². The fourth-order valence-corrected chi connectivity index (χ4v) is 1.75. The first-order valence-corrected chi connectivity index (χ1v) is 6.26. The van der Waals surface area contributed by atoms with E-state index in [-0.39, 0.29) is 5.91 Å². The molecule has 0 bridgehead atoms. The topological polar surface area (TPSA) is 55.1 Å². The van der Waals surface area contributed by atoms with Gasteiger partial charge in [-0.15, -0.1) is 0 Å². The SMILES string of the molecule is CCC(CC)NC(=O)Cc1ccc(CN)cc1. The summed E-state index contributed by atoms with van der Waals surface area (Å²) in [5.41, 5.74) is 7.65. The minimum Gasteiger partial charge on any atom is -0.353 e. The van der Waals surface area contributed by atoms with Gasteiger partial charge in [-0.2, -0.15) is 0 Å². The monoisotopic (exact) mass is 234 g/mol. The van der Waals surface area contributed by atoms with Gasteiger partial charge in [-0.05, 0) is 24.0 Å². The van der Waals surface area contributed by atoms with Crippen molar-refractivity contribution in [3.8, 4) is 0 Å². The Morgan fingerprint density at radius 2 is 1.71 bits per heavy atom. The summed E-state index contributed by atoms with van der Waals surface area (Å²) in [7, 11) is 0. The molecule has 0 heterocycles. The molecule has 0 aromatic heterocycles. The van der Waals surface area contributed by atoms with E-state index in [0.29, 0.717) is 19.0 Å². The van der Waals surface area contributed by atoms with Gasteiger partial charge >= 0.3 is 0 Å². The molecule has 94 valence electrons. The lowest BCUT2D eigenvalue weighted by molar-refractivity contribution is -0.121. The molecule has 0 saturated carbocycles. The highest BCUT2D eigenvalue weighted by atomic mass is 16.1. The molecule has 1 rings (SSSR count). The summed E-state index contributed by atoms with van der Waals surface area (Å²) < 4.78 is 0. The zero-order valence-electron chi connectivity index (χ0n) is 10.7. The molecule has 0 saturated heterocycles. The smallest absolute Gasteiger partial charge is 0.224 e. The third kappa shape index (κ3) is 4.57. The first-order chi connectivity index (χ1) is 8.19. The van der Waals surface area contributed by atoms with Crippen molar-refractivity contribution in [2.24, 2.45) is 5.73 Å². The molecular formula is C14H22N2O. The Kier molecular flexibility index (Phi) is 5.70. The van der Waals surface area contributed by atoms with Crippen molar-refractivity contribution >= 4 is 5.91 Å². The van der Waals surface area contributed by atoms with Gasteiger partial charge in [0.15, 0.2) is 0 Å². The molecule has 0 unspecified atom stereocenters. The van der Waals surface area contributed by atoms with E-state index in [1.165, 1.54) is 0 Å². The van der Waals surface area contributed by atoms with E-state index in [9.17, 15) is 4.79 Å². The number of nitrogens with one attached hydrogen (secondary N) is 1. The van der Waals surface area contributed by atoms with E-state index in [0.717, 1.165) is 24.0 Å². The van der Waals surface area contributed by atoms with Crippen molar-refractivity contribution in [2.75, 3.05) is 0 Å². The Hall–Kier alpha value is -1.35. The van der Waals surface area contributed by atoms with Gasteiger partial charge in [-0.3, -0.25) is 4.79 Å². The van der Waals surface area contributed by atoms with Crippen LogP contribution in [0.1, 0.15) is 37.8 Å². The number of rotatable bonds is 6. The molecule has 3 nitrogen and oxygen atoms in total. The molecule has 0 fully saturated rings. The normalized spacial score (nSPS) is 10.6. The Balaban J connectivity index is 2.49. The summed E-state index contributed by atoms with van der Waals surface area (Å²) in [6.45, 7) is 4.72. The molecule has 3 heteroatoms. The van der Waals surface area contributed by atoms with Gasteiger partial charge in [0, 0.05) is 12.6 Å². The third-order valence-electron chi connectivity index (χ3n) is 2.97. The van der Waals surface area contributed by atoms with Crippen LogP contribution in [0.2, 0.25) is 0 Å². The van der Waals surface area contributed by atoms with Crippen molar-refractivity contribution in [1.29, 1.82) is 0 Å². The minimum absolute atomic E-state index is 0.0965. The zero-order valence-corrected chi connectivity index (χ0v) is 10.7. The lowest BCUT2D eigenvalue weighted by Crippen LogP contribution is -2.34. The van der Waals surface area contributed by atoms with Crippen LogP contribution in [-0.4, -0.2) is 11.9 Å². The van der Waals surface area contributed by atoms with Crippen LogP contribution < -0.4 is 11.1 Å². The highest BCUT2D eigenvalue weighted by Gasteiger charge is 2.08. The van der Waals surface area contributed by atoms with E-state index in [2.05, 4.69) is 19.2 Å². The second-order valence-corrected chi connectivity index (χ2v) is 4.28. The predicted molar refractivity (Wildman–Crippen MR) is 70.6 cm³/mol. The molecule has 1 aromatic carbocycles. The summed E-state index contributed by atoms with van der Waals surface area (Å²) in [5, 5.41) is 3.03. The van der Waals surface area contributed by atoms with Crippen LogP contribution in [0.5, 0.6) is 0 Å². The van der Waals surface area contributed by atoms with E-state index in [1.807, 2.05) is 24.3 Å². The van der Waals surface area contributed by atoms with Crippen molar-refractivity contribution in [1.82, 2.24) is 5.32 Å². The van der Waals surface area contributed by atoms with Crippen LogP contribution >= 0.6 is 0 Å². The standard InChI is InChI=1S/C14H22N2O/c1-3-13(4-2)16-14(17)9-11-5-7-12(10-15)8-6-11/h5-8,13H,3-4,9-10,15H2,1-2H3,(H,16,17). The van der Waals surface area contributed by atoms with Gasteiger partial charge in [0.2, 0.25) is 5.91 Å². The Morgan fingerprint density at radius 3 is 2.18 bits per heavy atom. The number of hydrogen-bond acceptors (Lipinski definition) is 2. The first kappa shape index (κ1) is 13.7. The molecule has 3 N–H and O–H groups in total. The molecule has 0 atom stereocenters. The second-order valence-electron chi connectivity index (χ2n) is 4.28. The van der Waals surface area contributed by atoms with Gasteiger partial charge < -0.3 is 11.1 Å². The molecule has 0 aliphatic heterocycles. The largest absolute Gasteiger partial charge is 0.353 e. The van der Waals surface area contributed by atoms with Gasteiger partial charge in [0.1, 0.15) is 0 Å². The lowest BCUT2D eigenvalue weighted by atomic mass is 10.1. The molecule has 0 spiro atoms. The van der Waals surface area contributed by atoms with E-state index in [4.69, 9.17) is 5.73 Å². The average molecular weight is 234 g/mol. The van der Waals surface area contributed by atoms with E-state index in [1.54, 1.807) is 0 Å². The maximum absolute atomic E-state index is 11.8. The van der Waals surface area contributed by atoms with Crippen molar-refractivity contribution in [3.05, 3.63) is 35.4 Å². The van der Waals surface area contributed by atoms with E-state index >= 15 is 0 Å². The minimum atomic E-state index is 0.0965. The summed E-state index contributed by atoms with van der Waals surface area (Å²) in [4.78, 5) is 11.8. The second kappa shape index (κ2) is 7.07. The number of benzene rings is 1. The summed E-state index contributed by atoms with van der Waals surface area (Å²) in [5.74, 6) is 0.0965. The summed E-state index contributed by atoms with van der Waals surface area (Å²) in [6, 6.07) is 8.17. The fraction of sp³-hybridized carbons (Fsp3) is 0.500. The van der Waals surface area contributed by atoms with Crippen LogP contribution in [0.15, 0.2) is 24.3 Å². The quantitative estimate of drug-likeness (QED) is 0.791. The number of hydrogen-bond donors (Lipinski definition) is 2. The Labute approximate surface area is 103 Å². The molecule has 17 heavy (non-hydrogen) atoms. The zero-order chi connectivity index (χ0) is 12.7. The molecular weight excluding hydrogens is 212 g/mol. The van der Waals surface area contributed by atoms with E-state index < -0.39 is 0 Å². The number of amides is 1. The highest BCUT2D eigenvalue weighted by Crippen LogP contribution is 2.05. The van der Waals surface area contributed by atoms with Gasteiger partial charge in [0.05, 0.1) is 6.42 Å². The number of carbonyl (C=O) groups is 1. The van der Waals surface area contributed by atoms with Crippen LogP contribution in [0.3, 0.4) is 0 Å². The summed E-state index contributed by atoms with van der Waals surface area (Å²) >= 11 is 0. The maximum atomic E-state index is 11.8. The third-order valence-corrected chi connectivity index (χ3v) is 2.97.